The molecule has 0 aliphatic carbocycles. The second kappa shape index (κ2) is 7.76. The Morgan fingerprint density at radius 1 is 1.37 bits per heavy atom. The number of aliphatic hydroxyl groups excluding tert-OH is 1. The number of unbranched alkanes of at least 4 members (excludes halogenated alkanes) is 1. The van der Waals surface area contributed by atoms with Crippen molar-refractivity contribution in [3.05, 3.63) is 29.8 Å². The molecule has 5 heteroatoms. The summed E-state index contributed by atoms with van der Waals surface area (Å²) in [6.07, 6.45) is 0.799. The van der Waals surface area contributed by atoms with Crippen molar-refractivity contribution in [1.82, 2.24) is 0 Å². The van der Waals surface area contributed by atoms with Crippen LogP contribution < -0.4 is 10.5 Å². The fraction of sp³-hybridized carbons (Fsp3) is 0.500. The van der Waals surface area contributed by atoms with E-state index in [1.807, 2.05) is 6.92 Å². The number of esters is 1. The van der Waals surface area contributed by atoms with Gasteiger partial charge in [0.25, 0.3) is 0 Å². The molecule has 0 bridgehead atoms. The van der Waals surface area contributed by atoms with Crippen LogP contribution in [0.4, 0.5) is 0 Å². The Labute approximate surface area is 113 Å². The zero-order valence-electron chi connectivity index (χ0n) is 11.5. The molecular formula is C14H22NO4+. The first kappa shape index (κ1) is 15.5. The molecule has 1 aromatic rings. The van der Waals surface area contributed by atoms with Gasteiger partial charge in [-0.15, -0.1) is 0 Å². The third kappa shape index (κ3) is 4.54. The molecule has 0 heterocycles. The predicted octanol–water partition coefficient (Wildman–Crippen LogP) is 0.682. The number of ether oxygens (including phenoxy) is 2. The monoisotopic (exact) mass is 268 g/mol. The number of aliphatic hydroxyl groups is 1. The Balaban J connectivity index is 2.59. The van der Waals surface area contributed by atoms with Crippen molar-refractivity contribution < 1.29 is 25.1 Å². The lowest BCUT2D eigenvalue weighted by Crippen LogP contribution is -2.68. The van der Waals surface area contributed by atoms with E-state index in [4.69, 9.17) is 9.47 Å². The van der Waals surface area contributed by atoms with Gasteiger partial charge in [0, 0.05) is 0 Å². The van der Waals surface area contributed by atoms with E-state index in [0.717, 1.165) is 12.8 Å². The summed E-state index contributed by atoms with van der Waals surface area (Å²) in [5.41, 5.74) is 4.30. The van der Waals surface area contributed by atoms with Crippen LogP contribution in [0.5, 0.6) is 5.75 Å². The maximum Gasteiger partial charge on any atom is 0.367 e. The summed E-state index contributed by atoms with van der Waals surface area (Å²) in [6.45, 7) is 2.39. The van der Waals surface area contributed by atoms with Crippen LogP contribution >= 0.6 is 0 Å². The van der Waals surface area contributed by atoms with Crippen molar-refractivity contribution in [3.63, 3.8) is 0 Å². The summed E-state index contributed by atoms with van der Waals surface area (Å²) >= 11 is 0. The zero-order chi connectivity index (χ0) is 14.3. The van der Waals surface area contributed by atoms with E-state index in [-0.39, 0.29) is 0 Å². The van der Waals surface area contributed by atoms with Crippen LogP contribution in [0.15, 0.2) is 24.3 Å². The van der Waals surface area contributed by atoms with Crippen LogP contribution in [0.3, 0.4) is 0 Å². The Hall–Kier alpha value is -1.59. The highest BCUT2D eigenvalue weighted by atomic mass is 16.5. The lowest BCUT2D eigenvalue weighted by molar-refractivity contribution is -0.426. The first-order valence-corrected chi connectivity index (χ1v) is 6.41. The van der Waals surface area contributed by atoms with Crippen LogP contribution in [0, 0.1) is 0 Å². The number of quaternary nitrogens is 1. The van der Waals surface area contributed by atoms with Crippen LogP contribution in [0.1, 0.15) is 31.4 Å². The molecule has 0 aliphatic rings. The molecule has 5 nitrogen and oxygen atoms in total. The minimum absolute atomic E-state index is 0.372. The third-order valence-electron chi connectivity index (χ3n) is 2.88. The van der Waals surface area contributed by atoms with Crippen molar-refractivity contribution >= 4 is 5.97 Å². The lowest BCUT2D eigenvalue weighted by atomic mass is 10.0. The maximum atomic E-state index is 11.7. The third-order valence-corrected chi connectivity index (χ3v) is 2.88. The van der Waals surface area contributed by atoms with Crippen molar-refractivity contribution in [3.8, 4) is 5.75 Å². The van der Waals surface area contributed by atoms with Gasteiger partial charge in [-0.05, 0) is 24.1 Å². The summed E-state index contributed by atoms with van der Waals surface area (Å²) in [4.78, 5) is 11.7. The topological polar surface area (TPSA) is 83.4 Å². The van der Waals surface area contributed by atoms with Gasteiger partial charge in [-0.2, -0.15) is 0 Å². The molecule has 106 valence electrons. The van der Waals surface area contributed by atoms with Gasteiger partial charge >= 0.3 is 5.97 Å². The molecule has 0 aromatic heterocycles. The Morgan fingerprint density at radius 2 is 2.00 bits per heavy atom. The molecule has 0 unspecified atom stereocenters. The van der Waals surface area contributed by atoms with Crippen molar-refractivity contribution in [2.75, 3.05) is 13.7 Å². The molecule has 0 fully saturated rings. The fourth-order valence-corrected chi connectivity index (χ4v) is 1.59. The highest BCUT2D eigenvalue weighted by molar-refractivity contribution is 5.75. The van der Waals surface area contributed by atoms with Gasteiger partial charge in [-0.1, -0.05) is 25.5 Å². The molecule has 0 saturated carbocycles. The smallest absolute Gasteiger partial charge is 0.367 e. The first-order valence-electron chi connectivity index (χ1n) is 6.41. The van der Waals surface area contributed by atoms with E-state index in [0.29, 0.717) is 17.9 Å². The van der Waals surface area contributed by atoms with E-state index in [1.54, 1.807) is 31.4 Å². The number of carbonyl (C=O) groups excluding carboxylic acids is 1. The van der Waals surface area contributed by atoms with Crippen LogP contribution in [0.2, 0.25) is 0 Å². The summed E-state index contributed by atoms with van der Waals surface area (Å²) in [5, 5.41) is 10.1. The van der Waals surface area contributed by atoms with Gasteiger partial charge in [0.15, 0.2) is 0 Å². The van der Waals surface area contributed by atoms with Gasteiger partial charge in [0.1, 0.15) is 11.9 Å². The van der Waals surface area contributed by atoms with Crippen molar-refractivity contribution in [2.24, 2.45) is 0 Å². The molecule has 4 N–H and O–H groups in total. The molecule has 1 aromatic carbocycles. The molecule has 1 rings (SSSR count). The number of rotatable bonds is 7. The zero-order valence-corrected chi connectivity index (χ0v) is 11.5. The van der Waals surface area contributed by atoms with E-state index in [9.17, 15) is 9.90 Å². The van der Waals surface area contributed by atoms with E-state index >= 15 is 0 Å². The van der Waals surface area contributed by atoms with Crippen LogP contribution in [-0.4, -0.2) is 30.8 Å². The molecule has 0 spiro atoms. The Kier molecular flexibility index (Phi) is 6.32. The first-order chi connectivity index (χ1) is 9.10. The SMILES string of the molecule is CCCCOC(=O)[C@@H]([NH3+])[C@H](O)c1ccc(OC)cc1. The highest BCUT2D eigenvalue weighted by Gasteiger charge is 2.29. The summed E-state index contributed by atoms with van der Waals surface area (Å²) < 4.78 is 10.1. The van der Waals surface area contributed by atoms with Gasteiger partial charge in [-0.25, -0.2) is 4.79 Å². The lowest BCUT2D eigenvalue weighted by Gasteiger charge is -2.15. The maximum absolute atomic E-state index is 11.7. The van der Waals surface area contributed by atoms with E-state index in [1.165, 1.54) is 0 Å². The van der Waals surface area contributed by atoms with Gasteiger partial charge in [-0.3, -0.25) is 0 Å². The molecule has 0 aliphatic heterocycles. The van der Waals surface area contributed by atoms with E-state index in [2.05, 4.69) is 5.73 Å². The van der Waals surface area contributed by atoms with Gasteiger partial charge in [0.05, 0.1) is 13.7 Å². The Morgan fingerprint density at radius 3 is 2.53 bits per heavy atom. The number of hydrogen-bond acceptors (Lipinski definition) is 4. The number of hydrogen-bond donors (Lipinski definition) is 2. The van der Waals surface area contributed by atoms with Crippen molar-refractivity contribution in [2.45, 2.75) is 31.9 Å². The minimum Gasteiger partial charge on any atom is -0.497 e. The molecule has 0 radical (unpaired) electrons. The van der Waals surface area contributed by atoms with Gasteiger partial charge < -0.3 is 20.3 Å². The van der Waals surface area contributed by atoms with Gasteiger partial charge in [0.2, 0.25) is 6.04 Å². The van der Waals surface area contributed by atoms with Crippen LogP contribution in [-0.2, 0) is 9.53 Å². The average molecular weight is 268 g/mol. The minimum atomic E-state index is -0.972. The summed E-state index contributed by atoms with van der Waals surface area (Å²) in [5.74, 6) is 0.221. The average Bonchev–Trinajstić information content (AvgIpc) is 2.46. The number of benzene rings is 1. The summed E-state index contributed by atoms with van der Waals surface area (Å²) in [7, 11) is 1.57. The fourth-order valence-electron chi connectivity index (χ4n) is 1.59. The molecule has 2 atom stereocenters. The second-order valence-electron chi connectivity index (χ2n) is 4.35. The largest absolute Gasteiger partial charge is 0.497 e. The molecule has 0 saturated heterocycles. The number of carbonyl (C=O) groups is 1. The van der Waals surface area contributed by atoms with Crippen LogP contribution in [0.25, 0.3) is 0 Å². The van der Waals surface area contributed by atoms with E-state index < -0.39 is 18.1 Å². The predicted molar refractivity (Wildman–Crippen MR) is 70.5 cm³/mol. The molecular weight excluding hydrogens is 246 g/mol. The van der Waals surface area contributed by atoms with Crippen molar-refractivity contribution in [1.29, 1.82) is 0 Å². The molecule has 19 heavy (non-hydrogen) atoms. The second-order valence-corrected chi connectivity index (χ2v) is 4.35. The quantitative estimate of drug-likeness (QED) is 0.563. The normalized spacial score (nSPS) is 13.7. The Bertz CT molecular complexity index is 391. The highest BCUT2D eigenvalue weighted by Crippen LogP contribution is 2.19. The standard InChI is InChI=1S/C14H21NO4/c1-3-4-9-19-14(17)12(15)13(16)10-5-7-11(18-2)8-6-10/h5-8,12-13,16H,3-4,9,15H2,1-2H3/p+1/t12-,13+/m0/s1. The molecule has 0 amide bonds. The summed E-state index contributed by atoms with van der Waals surface area (Å²) in [6, 6.07) is 6.05. The number of methoxy groups -OCH3 is 1.